The quantitative estimate of drug-likeness (QED) is 0.561. The van der Waals surface area contributed by atoms with Crippen LogP contribution in [0.15, 0.2) is 24.3 Å². The lowest BCUT2D eigenvalue weighted by Gasteiger charge is -2.40. The minimum absolute atomic E-state index is 0.154. The summed E-state index contributed by atoms with van der Waals surface area (Å²) < 4.78 is 0. The molecule has 1 aromatic rings. The van der Waals surface area contributed by atoms with Crippen molar-refractivity contribution in [3.05, 3.63) is 34.9 Å². The third kappa shape index (κ3) is 3.33. The van der Waals surface area contributed by atoms with Gasteiger partial charge >= 0.3 is 5.97 Å². The molecule has 2 atom stereocenters. The zero-order valence-electron chi connectivity index (χ0n) is 10.9. The molecule has 7 nitrogen and oxygen atoms in total. The van der Waals surface area contributed by atoms with Crippen molar-refractivity contribution in [3.63, 3.8) is 0 Å². The topological polar surface area (TPSA) is 110 Å². The molecule has 0 bridgehead atoms. The van der Waals surface area contributed by atoms with Gasteiger partial charge in [-0.25, -0.2) is 4.79 Å². The molecule has 4 N–H and O–H groups in total. The number of rotatable bonds is 3. The minimum Gasteiger partial charge on any atom is -0.480 e. The summed E-state index contributed by atoms with van der Waals surface area (Å²) in [6.07, 6.45) is -1.88. The summed E-state index contributed by atoms with van der Waals surface area (Å²) in [6.45, 7) is 0.424. The fraction of sp³-hybridized carbons (Fsp3) is 0.385. The van der Waals surface area contributed by atoms with E-state index in [1.165, 1.54) is 24.3 Å². The van der Waals surface area contributed by atoms with Crippen molar-refractivity contribution in [1.29, 1.82) is 0 Å². The summed E-state index contributed by atoms with van der Waals surface area (Å²) in [4.78, 5) is 24.9. The SMILES string of the molecule is O=C(O)C1C(C(O)O)NCCN1C(=O)c1ccc(Cl)cc1. The van der Waals surface area contributed by atoms with Crippen LogP contribution in [0.3, 0.4) is 0 Å². The molecule has 8 heteroatoms. The van der Waals surface area contributed by atoms with Crippen LogP contribution in [0.2, 0.25) is 5.02 Å². The van der Waals surface area contributed by atoms with Gasteiger partial charge in [0.1, 0.15) is 6.04 Å². The molecule has 2 rings (SSSR count). The van der Waals surface area contributed by atoms with Gasteiger partial charge in [0.25, 0.3) is 5.91 Å². The van der Waals surface area contributed by atoms with Gasteiger partial charge in [-0.3, -0.25) is 4.79 Å². The van der Waals surface area contributed by atoms with Gasteiger partial charge in [-0.1, -0.05) is 11.6 Å². The van der Waals surface area contributed by atoms with E-state index in [1.807, 2.05) is 0 Å². The second kappa shape index (κ2) is 6.40. The zero-order valence-corrected chi connectivity index (χ0v) is 11.7. The number of aliphatic carboxylic acids is 1. The minimum atomic E-state index is -1.88. The van der Waals surface area contributed by atoms with Crippen LogP contribution in [0.4, 0.5) is 0 Å². The smallest absolute Gasteiger partial charge is 0.328 e. The molecule has 0 radical (unpaired) electrons. The monoisotopic (exact) mass is 314 g/mol. The highest BCUT2D eigenvalue weighted by atomic mass is 35.5. The van der Waals surface area contributed by atoms with Gasteiger partial charge in [0.2, 0.25) is 0 Å². The fourth-order valence-corrected chi connectivity index (χ4v) is 2.46. The van der Waals surface area contributed by atoms with Crippen molar-refractivity contribution < 1.29 is 24.9 Å². The summed E-state index contributed by atoms with van der Waals surface area (Å²) in [7, 11) is 0. The van der Waals surface area contributed by atoms with E-state index in [0.717, 1.165) is 4.90 Å². The van der Waals surface area contributed by atoms with Gasteiger partial charge < -0.3 is 25.5 Å². The molecule has 2 unspecified atom stereocenters. The number of amides is 1. The number of aliphatic hydroxyl groups is 2. The molecule has 1 fully saturated rings. The molecule has 0 saturated carbocycles. The lowest BCUT2D eigenvalue weighted by Crippen LogP contribution is -2.66. The molecule has 0 spiro atoms. The summed E-state index contributed by atoms with van der Waals surface area (Å²) in [5, 5.41) is 31.0. The van der Waals surface area contributed by atoms with Crippen molar-refractivity contribution in [3.8, 4) is 0 Å². The first kappa shape index (κ1) is 15.7. The highest BCUT2D eigenvalue weighted by molar-refractivity contribution is 6.30. The van der Waals surface area contributed by atoms with Crippen molar-refractivity contribution in [2.24, 2.45) is 0 Å². The Bertz CT molecular complexity index is 534. The number of carbonyl (C=O) groups excluding carboxylic acids is 1. The highest BCUT2D eigenvalue weighted by Gasteiger charge is 2.42. The molecule has 21 heavy (non-hydrogen) atoms. The van der Waals surface area contributed by atoms with E-state index in [9.17, 15) is 24.9 Å². The number of aliphatic hydroxyl groups excluding tert-OH is 1. The van der Waals surface area contributed by atoms with Crippen LogP contribution in [-0.4, -0.2) is 63.6 Å². The Balaban J connectivity index is 2.29. The van der Waals surface area contributed by atoms with Crippen molar-refractivity contribution in [2.45, 2.75) is 18.4 Å². The van der Waals surface area contributed by atoms with Crippen LogP contribution in [-0.2, 0) is 4.79 Å². The predicted octanol–water partition coefficient (Wildman–Crippen LogP) is -0.482. The third-order valence-corrected chi connectivity index (χ3v) is 3.59. The Labute approximate surface area is 125 Å². The predicted molar refractivity (Wildman–Crippen MR) is 73.9 cm³/mol. The lowest BCUT2D eigenvalue weighted by atomic mass is 10.0. The normalized spacial score (nSPS) is 22.4. The van der Waals surface area contributed by atoms with Crippen molar-refractivity contribution >= 4 is 23.5 Å². The van der Waals surface area contributed by atoms with Gasteiger partial charge in [0.15, 0.2) is 6.29 Å². The first-order valence-corrected chi connectivity index (χ1v) is 6.68. The standard InChI is InChI=1S/C13H15ClN2O5/c14-8-3-1-7(2-4-8)11(17)16-6-5-15-9(12(18)19)10(16)13(20)21/h1-4,9-10,12,15,18-19H,5-6H2,(H,20,21). The summed E-state index contributed by atoms with van der Waals surface area (Å²) in [5.74, 6) is -1.80. The van der Waals surface area contributed by atoms with E-state index < -0.39 is 30.3 Å². The van der Waals surface area contributed by atoms with Crippen LogP contribution in [0.1, 0.15) is 10.4 Å². The van der Waals surface area contributed by atoms with E-state index >= 15 is 0 Å². The van der Waals surface area contributed by atoms with Crippen LogP contribution in [0.25, 0.3) is 0 Å². The number of nitrogens with zero attached hydrogens (tertiary/aromatic N) is 1. The molecule has 1 saturated heterocycles. The molecule has 1 aliphatic rings. The third-order valence-electron chi connectivity index (χ3n) is 3.33. The number of carboxylic acid groups (broad SMARTS) is 1. The van der Waals surface area contributed by atoms with Gasteiger partial charge in [0, 0.05) is 23.7 Å². The second-order valence-electron chi connectivity index (χ2n) is 4.68. The number of benzene rings is 1. The molecule has 0 aromatic heterocycles. The van der Waals surface area contributed by atoms with Gasteiger partial charge in [0.05, 0.1) is 6.04 Å². The van der Waals surface area contributed by atoms with E-state index in [-0.39, 0.29) is 13.1 Å². The number of piperazine rings is 1. The van der Waals surface area contributed by atoms with E-state index in [0.29, 0.717) is 10.6 Å². The van der Waals surface area contributed by atoms with Crippen LogP contribution < -0.4 is 5.32 Å². The highest BCUT2D eigenvalue weighted by Crippen LogP contribution is 2.18. The molecule has 114 valence electrons. The fourth-order valence-electron chi connectivity index (χ4n) is 2.34. The first-order chi connectivity index (χ1) is 9.91. The molecular formula is C13H15ClN2O5. The number of hydrogen-bond acceptors (Lipinski definition) is 5. The Morgan fingerprint density at radius 3 is 2.43 bits per heavy atom. The Kier molecular flexibility index (Phi) is 4.79. The molecule has 1 aliphatic heterocycles. The first-order valence-electron chi connectivity index (χ1n) is 6.30. The average molecular weight is 315 g/mol. The number of carboxylic acids is 1. The maximum absolute atomic E-state index is 12.4. The van der Waals surface area contributed by atoms with Crippen molar-refractivity contribution in [1.82, 2.24) is 10.2 Å². The molecule has 0 aliphatic carbocycles. The lowest BCUT2D eigenvalue weighted by molar-refractivity contribution is -0.152. The maximum Gasteiger partial charge on any atom is 0.328 e. The Morgan fingerprint density at radius 1 is 1.29 bits per heavy atom. The van der Waals surface area contributed by atoms with E-state index in [4.69, 9.17) is 11.6 Å². The van der Waals surface area contributed by atoms with Gasteiger partial charge in [-0.2, -0.15) is 0 Å². The van der Waals surface area contributed by atoms with Crippen LogP contribution >= 0.6 is 11.6 Å². The Morgan fingerprint density at radius 2 is 1.90 bits per heavy atom. The summed E-state index contributed by atoms with van der Waals surface area (Å²) in [6, 6.07) is 3.55. The number of hydrogen-bond donors (Lipinski definition) is 4. The van der Waals surface area contributed by atoms with Crippen molar-refractivity contribution in [2.75, 3.05) is 13.1 Å². The number of halogens is 1. The Hall–Kier alpha value is -1.67. The van der Waals surface area contributed by atoms with Gasteiger partial charge in [-0.05, 0) is 24.3 Å². The molecule has 1 heterocycles. The van der Waals surface area contributed by atoms with Crippen LogP contribution in [0, 0.1) is 0 Å². The number of carbonyl (C=O) groups is 2. The molecule has 1 amide bonds. The maximum atomic E-state index is 12.4. The largest absolute Gasteiger partial charge is 0.480 e. The van der Waals surface area contributed by atoms with E-state index in [2.05, 4.69) is 5.32 Å². The summed E-state index contributed by atoms with van der Waals surface area (Å²) in [5.41, 5.74) is 0.290. The molecular weight excluding hydrogens is 300 g/mol. The van der Waals surface area contributed by atoms with E-state index in [1.54, 1.807) is 0 Å². The molecule has 1 aromatic carbocycles. The van der Waals surface area contributed by atoms with Gasteiger partial charge in [-0.15, -0.1) is 0 Å². The summed E-state index contributed by atoms with van der Waals surface area (Å²) >= 11 is 5.75. The van der Waals surface area contributed by atoms with Crippen LogP contribution in [0.5, 0.6) is 0 Å². The second-order valence-corrected chi connectivity index (χ2v) is 5.12. The zero-order chi connectivity index (χ0) is 15.6. The number of nitrogens with one attached hydrogen (secondary N) is 1. The average Bonchev–Trinajstić information content (AvgIpc) is 2.46.